The highest BCUT2D eigenvalue weighted by Gasteiger charge is 2.35. The molecule has 34 heavy (non-hydrogen) atoms. The number of thioether (sulfide) groups is 1. The first-order chi connectivity index (χ1) is 16.4. The molecule has 176 valence electrons. The highest BCUT2D eigenvalue weighted by molar-refractivity contribution is 9.10. The molecule has 3 amide bonds. The van der Waals surface area contributed by atoms with E-state index in [1.54, 1.807) is 37.5 Å². The molecule has 0 radical (unpaired) electrons. The first kappa shape index (κ1) is 24.5. The van der Waals surface area contributed by atoms with Crippen LogP contribution in [0.5, 0.6) is 0 Å². The first-order valence-electron chi connectivity index (χ1n) is 10.4. The molecule has 1 fully saturated rings. The normalized spacial score (nSPS) is 15.0. The number of ether oxygens (including phenoxy) is 1. The van der Waals surface area contributed by atoms with Crippen molar-refractivity contribution in [1.29, 1.82) is 0 Å². The van der Waals surface area contributed by atoms with Crippen molar-refractivity contribution in [2.24, 2.45) is 0 Å². The Kier molecular flexibility index (Phi) is 7.77. The Labute approximate surface area is 214 Å². The van der Waals surface area contributed by atoms with Crippen molar-refractivity contribution in [2.45, 2.75) is 13.1 Å². The Balaban J connectivity index is 1.60. The molecular weight excluding hydrogens is 542 g/mol. The fourth-order valence-electron chi connectivity index (χ4n) is 3.60. The number of methoxy groups -OCH3 is 1. The molecule has 2 aromatic carbocycles. The van der Waals surface area contributed by atoms with Crippen molar-refractivity contribution < 1.29 is 19.1 Å². The van der Waals surface area contributed by atoms with E-state index in [-0.39, 0.29) is 30.1 Å². The van der Waals surface area contributed by atoms with Gasteiger partial charge in [-0.05, 0) is 53.7 Å². The second-order valence-electron chi connectivity index (χ2n) is 7.61. The van der Waals surface area contributed by atoms with Crippen LogP contribution in [0.25, 0.3) is 17.0 Å². The molecule has 0 atom stereocenters. The minimum Gasteiger partial charge on any atom is -0.383 e. The summed E-state index contributed by atoms with van der Waals surface area (Å²) < 4.78 is 7.66. The molecule has 0 aliphatic carbocycles. The van der Waals surface area contributed by atoms with Gasteiger partial charge in [-0.25, -0.2) is 0 Å². The minimum absolute atomic E-state index is 0.119. The maximum Gasteiger partial charge on any atom is 0.293 e. The molecule has 10 heteroatoms. The summed E-state index contributed by atoms with van der Waals surface area (Å²) in [4.78, 5) is 39.5. The van der Waals surface area contributed by atoms with E-state index in [0.29, 0.717) is 23.1 Å². The van der Waals surface area contributed by atoms with Crippen LogP contribution < -0.4 is 5.32 Å². The number of nitrogens with zero attached hydrogens (tertiary/aromatic N) is 2. The van der Waals surface area contributed by atoms with Gasteiger partial charge in [0.25, 0.3) is 11.1 Å². The van der Waals surface area contributed by atoms with E-state index in [9.17, 15) is 14.4 Å². The van der Waals surface area contributed by atoms with Crippen LogP contribution in [0, 0.1) is 0 Å². The molecule has 0 spiro atoms. The second kappa shape index (κ2) is 10.8. The van der Waals surface area contributed by atoms with Gasteiger partial charge in [0.1, 0.15) is 6.54 Å². The van der Waals surface area contributed by atoms with Gasteiger partial charge in [-0.2, -0.15) is 0 Å². The maximum atomic E-state index is 13.0. The number of imide groups is 1. The average molecular weight is 563 g/mol. The number of amides is 3. The second-order valence-corrected chi connectivity index (χ2v) is 9.96. The number of benzene rings is 2. The van der Waals surface area contributed by atoms with E-state index in [2.05, 4.69) is 21.2 Å². The highest BCUT2D eigenvalue weighted by atomic mass is 79.9. The maximum absolute atomic E-state index is 13.0. The van der Waals surface area contributed by atoms with E-state index in [1.165, 1.54) is 4.90 Å². The third-order valence-electron chi connectivity index (χ3n) is 5.23. The van der Waals surface area contributed by atoms with Crippen LogP contribution in [-0.4, -0.2) is 46.8 Å². The van der Waals surface area contributed by atoms with Crippen LogP contribution in [0.1, 0.15) is 11.1 Å². The molecule has 1 saturated heterocycles. The van der Waals surface area contributed by atoms with Crippen LogP contribution in [0.2, 0.25) is 5.02 Å². The Bertz CT molecular complexity index is 1290. The van der Waals surface area contributed by atoms with Crippen LogP contribution >= 0.6 is 39.3 Å². The van der Waals surface area contributed by atoms with Crippen molar-refractivity contribution in [3.63, 3.8) is 0 Å². The largest absolute Gasteiger partial charge is 0.383 e. The summed E-state index contributed by atoms with van der Waals surface area (Å²) in [5.74, 6) is -0.495. The number of nitrogens with one attached hydrogen (secondary N) is 1. The van der Waals surface area contributed by atoms with Crippen molar-refractivity contribution in [3.8, 4) is 0 Å². The number of halogens is 2. The van der Waals surface area contributed by atoms with Crippen LogP contribution in [-0.2, 0) is 27.4 Å². The predicted octanol–water partition coefficient (Wildman–Crippen LogP) is 5.06. The quantitative estimate of drug-likeness (QED) is 0.307. The SMILES string of the molecule is COCCNC(=O)Cn1cc(/C=C2\SC(=O)N(Cc3ccc(Cl)cc3)C2=O)c2cc(Br)ccc21. The zero-order valence-electron chi connectivity index (χ0n) is 18.2. The summed E-state index contributed by atoms with van der Waals surface area (Å²) >= 11 is 10.3. The molecular formula is C24H21BrClN3O4S. The molecule has 1 aliphatic heterocycles. The number of hydrogen-bond acceptors (Lipinski definition) is 5. The molecule has 2 heterocycles. The van der Waals surface area contributed by atoms with E-state index >= 15 is 0 Å². The minimum atomic E-state index is -0.349. The Morgan fingerprint density at radius 2 is 1.97 bits per heavy atom. The average Bonchev–Trinajstić information content (AvgIpc) is 3.26. The van der Waals surface area contributed by atoms with Crippen molar-refractivity contribution in [1.82, 2.24) is 14.8 Å². The van der Waals surface area contributed by atoms with E-state index in [0.717, 1.165) is 38.3 Å². The summed E-state index contributed by atoms with van der Waals surface area (Å²) in [6.45, 7) is 1.15. The third-order valence-corrected chi connectivity index (χ3v) is 6.88. The lowest BCUT2D eigenvalue weighted by Crippen LogP contribution is -2.30. The summed E-state index contributed by atoms with van der Waals surface area (Å²) in [6, 6.07) is 12.8. The fourth-order valence-corrected chi connectivity index (χ4v) is 4.91. The van der Waals surface area contributed by atoms with Crippen LogP contribution in [0.15, 0.2) is 58.0 Å². The Morgan fingerprint density at radius 3 is 2.71 bits per heavy atom. The summed E-state index contributed by atoms with van der Waals surface area (Å²) in [6.07, 6.45) is 3.53. The van der Waals surface area contributed by atoms with Crippen LogP contribution in [0.4, 0.5) is 4.79 Å². The highest BCUT2D eigenvalue weighted by Crippen LogP contribution is 2.35. The van der Waals surface area contributed by atoms with Gasteiger partial charge in [-0.3, -0.25) is 19.3 Å². The molecule has 1 aromatic heterocycles. The number of carbonyl (C=O) groups is 3. The zero-order valence-corrected chi connectivity index (χ0v) is 21.4. The van der Waals surface area contributed by atoms with Crippen molar-refractivity contribution in [2.75, 3.05) is 20.3 Å². The third kappa shape index (κ3) is 5.55. The number of rotatable bonds is 8. The predicted molar refractivity (Wildman–Crippen MR) is 137 cm³/mol. The summed E-state index contributed by atoms with van der Waals surface area (Å²) in [5, 5.41) is 3.94. The molecule has 1 N–H and O–H groups in total. The molecule has 1 aliphatic rings. The molecule has 0 saturated carbocycles. The molecule has 3 aromatic rings. The van der Waals surface area contributed by atoms with E-state index < -0.39 is 0 Å². The number of hydrogen-bond donors (Lipinski definition) is 1. The van der Waals surface area contributed by atoms with Gasteiger partial charge in [0.05, 0.1) is 18.1 Å². The van der Waals surface area contributed by atoms with Crippen LogP contribution in [0.3, 0.4) is 0 Å². The lowest BCUT2D eigenvalue weighted by atomic mass is 10.1. The van der Waals surface area contributed by atoms with Gasteiger partial charge in [0.15, 0.2) is 0 Å². The van der Waals surface area contributed by atoms with Gasteiger partial charge in [-0.15, -0.1) is 0 Å². The lowest BCUT2D eigenvalue weighted by Gasteiger charge is -2.12. The summed E-state index contributed by atoms with van der Waals surface area (Å²) in [5.41, 5.74) is 2.41. The number of fused-ring (bicyclic) bond motifs is 1. The molecule has 7 nitrogen and oxygen atoms in total. The zero-order chi connectivity index (χ0) is 24.2. The fraction of sp³-hybridized carbons (Fsp3) is 0.208. The molecule has 0 bridgehead atoms. The van der Waals surface area contributed by atoms with Crippen molar-refractivity contribution >= 4 is 73.3 Å². The Morgan fingerprint density at radius 1 is 1.21 bits per heavy atom. The lowest BCUT2D eigenvalue weighted by molar-refractivity contribution is -0.123. The molecule has 0 unspecified atom stereocenters. The van der Waals surface area contributed by atoms with Gasteiger partial charge < -0.3 is 14.6 Å². The van der Waals surface area contributed by atoms with Gasteiger partial charge in [0.2, 0.25) is 5.91 Å². The van der Waals surface area contributed by atoms with Gasteiger partial charge in [-0.1, -0.05) is 39.7 Å². The topological polar surface area (TPSA) is 80.6 Å². The van der Waals surface area contributed by atoms with E-state index in [4.69, 9.17) is 16.3 Å². The smallest absolute Gasteiger partial charge is 0.293 e. The first-order valence-corrected chi connectivity index (χ1v) is 12.4. The van der Waals surface area contributed by atoms with Crippen molar-refractivity contribution in [3.05, 3.63) is 74.2 Å². The number of carbonyl (C=O) groups excluding carboxylic acids is 3. The standard InChI is InChI=1S/C24H21BrClN3O4S/c1-33-9-8-27-22(30)14-28-13-16(19-11-17(25)4-7-20(19)28)10-21-23(31)29(24(32)34-21)12-15-2-5-18(26)6-3-15/h2-7,10-11,13H,8-9,12,14H2,1H3,(H,27,30)/b21-10-. The van der Waals surface area contributed by atoms with E-state index in [1.807, 2.05) is 29.0 Å². The monoisotopic (exact) mass is 561 g/mol. The van der Waals surface area contributed by atoms with Gasteiger partial charge >= 0.3 is 0 Å². The van der Waals surface area contributed by atoms with Gasteiger partial charge in [0, 0.05) is 45.8 Å². The molecule has 4 rings (SSSR count). The summed E-state index contributed by atoms with van der Waals surface area (Å²) in [7, 11) is 1.58. The number of aromatic nitrogens is 1. The Hall–Kier alpha value is -2.59.